The van der Waals surface area contributed by atoms with Gasteiger partial charge in [-0.15, -0.1) is 0 Å². The van der Waals surface area contributed by atoms with E-state index in [4.69, 9.17) is 0 Å². The number of aromatic nitrogens is 4. The first-order chi connectivity index (χ1) is 10.3. The Morgan fingerprint density at radius 1 is 1.19 bits per heavy atom. The molecule has 0 aliphatic heterocycles. The summed E-state index contributed by atoms with van der Waals surface area (Å²) in [5.74, 6) is 2.27. The molecule has 1 aromatic carbocycles. The van der Waals surface area contributed by atoms with Gasteiger partial charge < -0.3 is 15.6 Å². The highest BCUT2D eigenvalue weighted by molar-refractivity contribution is 5.74. The van der Waals surface area contributed by atoms with Gasteiger partial charge >= 0.3 is 0 Å². The molecular formula is C15H18N6. The minimum absolute atomic E-state index is 0.00530. The van der Waals surface area contributed by atoms with E-state index in [1.165, 1.54) is 0 Å². The maximum absolute atomic E-state index is 4.58. The maximum atomic E-state index is 4.58. The lowest BCUT2D eigenvalue weighted by atomic mass is 10.3. The second-order valence-electron chi connectivity index (χ2n) is 4.80. The van der Waals surface area contributed by atoms with E-state index >= 15 is 0 Å². The molecule has 0 bridgehead atoms. The average Bonchev–Trinajstić information content (AvgIpc) is 2.92. The van der Waals surface area contributed by atoms with Crippen molar-refractivity contribution in [3.05, 3.63) is 42.4 Å². The van der Waals surface area contributed by atoms with Crippen LogP contribution in [-0.2, 0) is 0 Å². The summed E-state index contributed by atoms with van der Waals surface area (Å²) in [6.45, 7) is 4.89. The van der Waals surface area contributed by atoms with Crippen LogP contribution in [0, 0.1) is 0 Å². The Kier molecular flexibility index (Phi) is 3.68. The van der Waals surface area contributed by atoms with Crippen molar-refractivity contribution < 1.29 is 0 Å². The van der Waals surface area contributed by atoms with Crippen molar-refractivity contribution in [1.29, 1.82) is 0 Å². The number of hydrogen-bond donors (Lipinski definition) is 3. The number of imidazole rings is 1. The van der Waals surface area contributed by atoms with Crippen LogP contribution >= 0.6 is 0 Å². The highest BCUT2D eigenvalue weighted by Crippen LogP contribution is 2.18. The average molecular weight is 282 g/mol. The van der Waals surface area contributed by atoms with Gasteiger partial charge in [0.25, 0.3) is 0 Å². The quantitative estimate of drug-likeness (QED) is 0.670. The number of aromatic amines is 1. The third-order valence-electron chi connectivity index (χ3n) is 3.18. The second kappa shape index (κ2) is 5.78. The maximum Gasteiger partial charge on any atom is 0.225 e. The summed E-state index contributed by atoms with van der Waals surface area (Å²) < 4.78 is 0. The van der Waals surface area contributed by atoms with E-state index in [0.717, 1.165) is 29.2 Å². The molecule has 0 aliphatic carbocycles. The molecule has 2 aromatic heterocycles. The number of rotatable bonds is 5. The number of H-pyrrole nitrogens is 1. The van der Waals surface area contributed by atoms with Crippen LogP contribution in [0.5, 0.6) is 0 Å². The van der Waals surface area contributed by atoms with Gasteiger partial charge in [-0.05, 0) is 32.0 Å². The minimum atomic E-state index is -0.00530. The van der Waals surface area contributed by atoms with E-state index in [0.29, 0.717) is 5.95 Å². The fourth-order valence-corrected chi connectivity index (χ4v) is 2.15. The Balaban J connectivity index is 1.79. The lowest BCUT2D eigenvalue weighted by molar-refractivity contribution is 0.800. The van der Waals surface area contributed by atoms with Gasteiger partial charge in [0.1, 0.15) is 11.6 Å². The molecule has 2 heterocycles. The number of fused-ring (bicyclic) bond motifs is 1. The summed E-state index contributed by atoms with van der Waals surface area (Å²) in [5, 5.41) is 6.43. The zero-order valence-corrected chi connectivity index (χ0v) is 12.1. The Morgan fingerprint density at radius 2 is 2.05 bits per heavy atom. The standard InChI is InChI=1S/C15H18N6/c1-3-16-13-8-9-17-15(21-13)18-10(2)14-19-11-6-4-5-7-12(11)20-14/h4-10H,3H2,1-2H3,(H,19,20)(H2,16,17,18,21)/t10-/m0/s1. The Morgan fingerprint density at radius 3 is 2.86 bits per heavy atom. The van der Waals surface area contributed by atoms with Gasteiger partial charge in [0.05, 0.1) is 17.1 Å². The molecular weight excluding hydrogens is 264 g/mol. The predicted octanol–water partition coefficient (Wildman–Crippen LogP) is 2.96. The van der Waals surface area contributed by atoms with E-state index in [-0.39, 0.29) is 6.04 Å². The summed E-state index contributed by atoms with van der Waals surface area (Å²) in [6, 6.07) is 9.82. The third-order valence-corrected chi connectivity index (χ3v) is 3.18. The van der Waals surface area contributed by atoms with Gasteiger partial charge in [-0.1, -0.05) is 12.1 Å². The van der Waals surface area contributed by atoms with Gasteiger partial charge in [0, 0.05) is 12.7 Å². The van der Waals surface area contributed by atoms with E-state index in [1.54, 1.807) is 6.20 Å². The molecule has 0 aliphatic rings. The molecule has 3 rings (SSSR count). The third kappa shape index (κ3) is 2.94. The van der Waals surface area contributed by atoms with Crippen molar-refractivity contribution >= 4 is 22.8 Å². The normalized spacial score (nSPS) is 12.3. The second-order valence-corrected chi connectivity index (χ2v) is 4.80. The number of benzene rings is 1. The summed E-state index contributed by atoms with van der Waals surface area (Å²) in [4.78, 5) is 16.5. The summed E-state index contributed by atoms with van der Waals surface area (Å²) >= 11 is 0. The van der Waals surface area contributed by atoms with Gasteiger partial charge in [0.2, 0.25) is 5.95 Å². The van der Waals surface area contributed by atoms with E-state index < -0.39 is 0 Å². The lowest BCUT2D eigenvalue weighted by Crippen LogP contribution is -2.11. The summed E-state index contributed by atoms with van der Waals surface area (Å²) in [6.07, 6.45) is 1.73. The van der Waals surface area contributed by atoms with Crippen molar-refractivity contribution in [3.8, 4) is 0 Å². The van der Waals surface area contributed by atoms with Gasteiger partial charge in [-0.25, -0.2) is 9.97 Å². The largest absolute Gasteiger partial charge is 0.370 e. The highest BCUT2D eigenvalue weighted by atomic mass is 15.2. The highest BCUT2D eigenvalue weighted by Gasteiger charge is 2.11. The molecule has 0 radical (unpaired) electrons. The molecule has 0 saturated heterocycles. The first-order valence-electron chi connectivity index (χ1n) is 7.04. The van der Waals surface area contributed by atoms with Crippen LogP contribution in [0.1, 0.15) is 25.7 Å². The number of nitrogens with one attached hydrogen (secondary N) is 3. The SMILES string of the molecule is CCNc1ccnc(N[C@@H](C)c2nc3ccccc3[nH]2)n1. The number of para-hydroxylation sites is 2. The van der Waals surface area contributed by atoms with Crippen LogP contribution in [0.3, 0.4) is 0 Å². The fourth-order valence-electron chi connectivity index (χ4n) is 2.15. The topological polar surface area (TPSA) is 78.5 Å². The summed E-state index contributed by atoms with van der Waals surface area (Å²) in [7, 11) is 0. The lowest BCUT2D eigenvalue weighted by Gasteiger charge is -2.12. The van der Waals surface area contributed by atoms with Gasteiger partial charge in [-0.2, -0.15) is 4.98 Å². The van der Waals surface area contributed by atoms with Crippen LogP contribution in [0.2, 0.25) is 0 Å². The molecule has 21 heavy (non-hydrogen) atoms. The Bertz CT molecular complexity index is 703. The van der Waals surface area contributed by atoms with Crippen molar-refractivity contribution in [2.75, 3.05) is 17.2 Å². The molecule has 0 fully saturated rings. The van der Waals surface area contributed by atoms with Crippen molar-refractivity contribution in [3.63, 3.8) is 0 Å². The molecule has 0 saturated carbocycles. The van der Waals surface area contributed by atoms with E-state index in [9.17, 15) is 0 Å². The molecule has 108 valence electrons. The van der Waals surface area contributed by atoms with Crippen LogP contribution in [0.25, 0.3) is 11.0 Å². The van der Waals surface area contributed by atoms with Gasteiger partial charge in [-0.3, -0.25) is 0 Å². The first-order valence-corrected chi connectivity index (χ1v) is 7.04. The predicted molar refractivity (Wildman–Crippen MR) is 84.3 cm³/mol. The molecule has 0 amide bonds. The molecule has 0 spiro atoms. The number of nitrogens with zero attached hydrogens (tertiary/aromatic N) is 3. The fraction of sp³-hybridized carbons (Fsp3) is 0.267. The molecule has 3 aromatic rings. The van der Waals surface area contributed by atoms with Crippen LogP contribution in [0.4, 0.5) is 11.8 Å². The molecule has 0 unspecified atom stereocenters. The number of anilines is 2. The molecule has 1 atom stereocenters. The van der Waals surface area contributed by atoms with E-state index in [2.05, 4.69) is 30.6 Å². The number of hydrogen-bond acceptors (Lipinski definition) is 5. The van der Waals surface area contributed by atoms with Crippen molar-refractivity contribution in [1.82, 2.24) is 19.9 Å². The van der Waals surface area contributed by atoms with Crippen LogP contribution < -0.4 is 10.6 Å². The van der Waals surface area contributed by atoms with Crippen LogP contribution in [0.15, 0.2) is 36.5 Å². The zero-order valence-electron chi connectivity index (χ0n) is 12.1. The summed E-state index contributed by atoms with van der Waals surface area (Å²) in [5.41, 5.74) is 1.99. The van der Waals surface area contributed by atoms with Crippen LogP contribution in [-0.4, -0.2) is 26.5 Å². The van der Waals surface area contributed by atoms with Crippen molar-refractivity contribution in [2.45, 2.75) is 19.9 Å². The smallest absolute Gasteiger partial charge is 0.225 e. The monoisotopic (exact) mass is 282 g/mol. The first kappa shape index (κ1) is 13.4. The molecule has 6 nitrogen and oxygen atoms in total. The van der Waals surface area contributed by atoms with Crippen molar-refractivity contribution in [2.24, 2.45) is 0 Å². The Labute approximate surface area is 123 Å². The minimum Gasteiger partial charge on any atom is -0.370 e. The van der Waals surface area contributed by atoms with Gasteiger partial charge in [0.15, 0.2) is 0 Å². The molecule has 6 heteroatoms. The van der Waals surface area contributed by atoms with E-state index in [1.807, 2.05) is 44.2 Å². The zero-order chi connectivity index (χ0) is 14.7. The molecule has 3 N–H and O–H groups in total. The Hall–Kier alpha value is -2.63.